The predicted molar refractivity (Wildman–Crippen MR) is 145 cm³/mol. The number of carbonyl (C=O) groups excluding carboxylic acids is 3. The van der Waals surface area contributed by atoms with Crippen molar-refractivity contribution < 1.29 is 38.1 Å². The molecular formula is C30H43NO8. The molecule has 9 heteroatoms. The number of hydrogen-bond acceptors (Lipinski definition) is 9. The average molecular weight is 546 g/mol. The van der Waals surface area contributed by atoms with E-state index in [2.05, 4.69) is 11.6 Å². The van der Waals surface area contributed by atoms with Crippen LogP contribution in [-0.4, -0.2) is 55.4 Å². The van der Waals surface area contributed by atoms with Crippen LogP contribution in [0.15, 0.2) is 24.9 Å². The summed E-state index contributed by atoms with van der Waals surface area (Å²) in [6.07, 6.45) is 11.9. The molecule has 1 saturated heterocycles. The van der Waals surface area contributed by atoms with Crippen molar-refractivity contribution in [1.82, 2.24) is 4.98 Å². The number of esters is 2. The number of hydrogen-bond donors (Lipinski definition) is 0. The lowest BCUT2D eigenvalue weighted by Crippen LogP contribution is -2.40. The molecule has 0 amide bonds. The zero-order valence-corrected chi connectivity index (χ0v) is 23.5. The van der Waals surface area contributed by atoms with E-state index in [4.69, 9.17) is 23.7 Å². The van der Waals surface area contributed by atoms with Gasteiger partial charge in [0.25, 0.3) is 0 Å². The normalized spacial score (nSPS) is 24.4. The van der Waals surface area contributed by atoms with Crippen LogP contribution < -0.4 is 9.47 Å². The molecule has 1 aromatic heterocycles. The largest absolute Gasteiger partial charge is 0.493 e. The topological polar surface area (TPSA) is 110 Å². The summed E-state index contributed by atoms with van der Waals surface area (Å²) in [5, 5.41) is 0. The number of rotatable bonds is 12. The van der Waals surface area contributed by atoms with E-state index in [9.17, 15) is 14.4 Å². The van der Waals surface area contributed by atoms with Crippen LogP contribution in [0.1, 0.15) is 88.5 Å². The van der Waals surface area contributed by atoms with Gasteiger partial charge in [-0.3, -0.25) is 14.4 Å². The van der Waals surface area contributed by atoms with Crippen LogP contribution in [0.2, 0.25) is 0 Å². The van der Waals surface area contributed by atoms with Crippen molar-refractivity contribution in [3.05, 3.63) is 30.6 Å². The quantitative estimate of drug-likeness (QED) is 0.146. The van der Waals surface area contributed by atoms with Gasteiger partial charge in [0, 0.05) is 25.6 Å². The third-order valence-electron chi connectivity index (χ3n) is 7.71. The maximum Gasteiger partial charge on any atom is 0.309 e. The van der Waals surface area contributed by atoms with E-state index >= 15 is 0 Å². The molecule has 3 rings (SSSR count). The van der Waals surface area contributed by atoms with Crippen LogP contribution in [0, 0.1) is 17.8 Å². The number of pyridine rings is 1. The SMILES string of the molecule is C=CCO[C@@H]1[C@@H](CC2CCCC2)CCCC[C@H](CC(=O)c2nccc(OC)c2OCOC(C)=O)C(=O)O[C@H]1C. The Hall–Kier alpha value is -2.94. The molecule has 9 nitrogen and oxygen atoms in total. The minimum absolute atomic E-state index is 0.0169. The second-order valence-corrected chi connectivity index (χ2v) is 10.6. The smallest absolute Gasteiger partial charge is 0.309 e. The first-order chi connectivity index (χ1) is 18.8. The monoisotopic (exact) mass is 545 g/mol. The zero-order chi connectivity index (χ0) is 28.2. The van der Waals surface area contributed by atoms with Crippen LogP contribution in [-0.2, 0) is 23.8 Å². The molecule has 0 radical (unpaired) electrons. The van der Waals surface area contributed by atoms with Gasteiger partial charge in [0.2, 0.25) is 6.79 Å². The highest BCUT2D eigenvalue weighted by Gasteiger charge is 2.36. The number of Topliss-reactive ketones (excluding diaryl/α,β-unsaturated/α-hetero) is 1. The van der Waals surface area contributed by atoms with Gasteiger partial charge in [-0.1, -0.05) is 44.6 Å². The van der Waals surface area contributed by atoms with Gasteiger partial charge in [-0.15, -0.1) is 6.58 Å². The Morgan fingerprint density at radius 3 is 2.56 bits per heavy atom. The van der Waals surface area contributed by atoms with Crippen LogP contribution in [0.4, 0.5) is 0 Å². The number of ether oxygens (including phenoxy) is 5. The highest BCUT2D eigenvalue weighted by Crippen LogP contribution is 2.37. The highest BCUT2D eigenvalue weighted by atomic mass is 16.7. The van der Waals surface area contributed by atoms with Crippen molar-refractivity contribution in [3.8, 4) is 11.5 Å². The Morgan fingerprint density at radius 1 is 1.15 bits per heavy atom. The lowest BCUT2D eigenvalue weighted by molar-refractivity contribution is -0.165. The Labute approximate surface area is 231 Å². The second kappa shape index (κ2) is 15.6. The maximum atomic E-state index is 13.4. The summed E-state index contributed by atoms with van der Waals surface area (Å²) in [5.74, 6) is -0.572. The van der Waals surface area contributed by atoms with Crippen molar-refractivity contribution in [3.63, 3.8) is 0 Å². The van der Waals surface area contributed by atoms with E-state index in [1.807, 2.05) is 6.92 Å². The maximum absolute atomic E-state index is 13.4. The molecule has 216 valence electrons. The first kappa shape index (κ1) is 30.6. The van der Waals surface area contributed by atoms with E-state index < -0.39 is 30.8 Å². The van der Waals surface area contributed by atoms with Gasteiger partial charge >= 0.3 is 11.9 Å². The number of carbonyl (C=O) groups is 3. The van der Waals surface area contributed by atoms with Gasteiger partial charge in [-0.25, -0.2) is 4.98 Å². The Balaban J connectivity index is 1.73. The first-order valence-electron chi connectivity index (χ1n) is 14.1. The molecule has 0 bridgehead atoms. The molecule has 0 spiro atoms. The van der Waals surface area contributed by atoms with Gasteiger partial charge < -0.3 is 23.7 Å². The van der Waals surface area contributed by atoms with E-state index in [0.717, 1.165) is 25.7 Å². The first-order valence-corrected chi connectivity index (χ1v) is 14.1. The summed E-state index contributed by atoms with van der Waals surface area (Å²) in [7, 11) is 1.44. The highest BCUT2D eigenvalue weighted by molar-refractivity contribution is 5.99. The lowest BCUT2D eigenvalue weighted by Gasteiger charge is -2.34. The third-order valence-corrected chi connectivity index (χ3v) is 7.71. The molecule has 39 heavy (non-hydrogen) atoms. The Bertz CT molecular complexity index is 974. The van der Waals surface area contributed by atoms with E-state index in [1.54, 1.807) is 12.1 Å². The van der Waals surface area contributed by atoms with Gasteiger partial charge in [0.15, 0.2) is 23.0 Å². The summed E-state index contributed by atoms with van der Waals surface area (Å²) in [5.41, 5.74) is 0.0169. The second-order valence-electron chi connectivity index (χ2n) is 10.6. The number of ketones is 1. The molecule has 0 aromatic carbocycles. The van der Waals surface area contributed by atoms with Crippen LogP contribution >= 0.6 is 0 Å². The van der Waals surface area contributed by atoms with Crippen molar-refractivity contribution in [1.29, 1.82) is 0 Å². The van der Waals surface area contributed by atoms with Crippen molar-refractivity contribution in [2.24, 2.45) is 17.8 Å². The molecule has 2 fully saturated rings. The van der Waals surface area contributed by atoms with Crippen LogP contribution in [0.5, 0.6) is 11.5 Å². The van der Waals surface area contributed by atoms with Gasteiger partial charge in [-0.05, 0) is 38.0 Å². The molecule has 1 aromatic rings. The molecule has 0 N–H and O–H groups in total. The molecule has 4 atom stereocenters. The number of aromatic nitrogens is 1. The number of cyclic esters (lactones) is 1. The van der Waals surface area contributed by atoms with Gasteiger partial charge in [0.1, 0.15) is 6.10 Å². The van der Waals surface area contributed by atoms with Crippen molar-refractivity contribution in [2.75, 3.05) is 20.5 Å². The fourth-order valence-electron chi connectivity index (χ4n) is 5.79. The molecule has 1 aliphatic carbocycles. The van der Waals surface area contributed by atoms with Crippen molar-refractivity contribution in [2.45, 2.75) is 90.3 Å². The standard InChI is InChI=1S/C30H43NO8/c1-5-16-36-28-20(2)39-30(34)24(13-9-8-12-23(28)17-22-10-6-7-11-22)18-25(33)27-29(38-19-37-21(3)32)26(35-4)14-15-31-27/h5,14-15,20,22-24,28H,1,6-13,16-19H2,2-4H3/t20-,23+,24+,28-/m0/s1. The lowest BCUT2D eigenvalue weighted by atomic mass is 9.82. The van der Waals surface area contributed by atoms with E-state index in [1.165, 1.54) is 45.9 Å². The minimum atomic E-state index is -0.624. The molecule has 2 heterocycles. The summed E-state index contributed by atoms with van der Waals surface area (Å²) in [4.78, 5) is 42.1. The fourth-order valence-corrected chi connectivity index (χ4v) is 5.79. The predicted octanol–water partition coefficient (Wildman–Crippen LogP) is 5.45. The van der Waals surface area contributed by atoms with Gasteiger partial charge in [-0.2, -0.15) is 0 Å². The minimum Gasteiger partial charge on any atom is -0.493 e. The molecule has 1 aliphatic heterocycles. The van der Waals surface area contributed by atoms with E-state index in [-0.39, 0.29) is 35.5 Å². The summed E-state index contributed by atoms with van der Waals surface area (Å²) in [6.45, 7) is 6.93. The summed E-state index contributed by atoms with van der Waals surface area (Å²) in [6, 6.07) is 1.55. The summed E-state index contributed by atoms with van der Waals surface area (Å²) >= 11 is 0. The van der Waals surface area contributed by atoms with E-state index in [0.29, 0.717) is 24.9 Å². The summed E-state index contributed by atoms with van der Waals surface area (Å²) < 4.78 is 27.9. The molecular weight excluding hydrogens is 502 g/mol. The zero-order valence-electron chi connectivity index (χ0n) is 23.5. The number of nitrogens with zero attached hydrogens (tertiary/aromatic N) is 1. The van der Waals surface area contributed by atoms with Crippen LogP contribution in [0.25, 0.3) is 0 Å². The fraction of sp³-hybridized carbons (Fsp3) is 0.667. The average Bonchev–Trinajstić information content (AvgIpc) is 3.42. The Morgan fingerprint density at radius 2 is 1.87 bits per heavy atom. The Kier molecular flexibility index (Phi) is 12.2. The molecule has 1 saturated carbocycles. The van der Waals surface area contributed by atoms with Crippen molar-refractivity contribution >= 4 is 17.7 Å². The van der Waals surface area contributed by atoms with Crippen LogP contribution in [0.3, 0.4) is 0 Å². The third kappa shape index (κ3) is 9.05. The van der Waals surface area contributed by atoms with Gasteiger partial charge in [0.05, 0.1) is 25.7 Å². The number of methoxy groups -OCH3 is 1. The molecule has 2 aliphatic rings. The molecule has 0 unspecified atom stereocenters.